The van der Waals surface area contributed by atoms with E-state index in [-0.39, 0.29) is 11.9 Å². The average molecular weight is 327 g/mol. The number of amides is 1. The van der Waals surface area contributed by atoms with Crippen LogP contribution in [0.4, 0.5) is 0 Å². The minimum atomic E-state index is -0.103. The first kappa shape index (κ1) is 16.9. The van der Waals surface area contributed by atoms with Gasteiger partial charge in [0.05, 0.1) is 20.3 Å². The normalized spacial score (nSPS) is 18.8. The monoisotopic (exact) mass is 326 g/mol. The van der Waals surface area contributed by atoms with E-state index in [4.69, 9.17) is 21.1 Å². The van der Waals surface area contributed by atoms with Crippen molar-refractivity contribution >= 4 is 17.5 Å². The van der Waals surface area contributed by atoms with Crippen LogP contribution in [0.2, 0.25) is 5.02 Å². The summed E-state index contributed by atoms with van der Waals surface area (Å²) in [7, 11) is 4.88. The summed E-state index contributed by atoms with van der Waals surface area (Å²) in [5.41, 5.74) is 0.933. The van der Waals surface area contributed by atoms with Crippen molar-refractivity contribution in [3.8, 4) is 11.5 Å². The molecule has 122 valence electrons. The number of piperidine rings is 1. The fourth-order valence-electron chi connectivity index (χ4n) is 2.99. The number of methoxy groups -OCH3 is 2. The van der Waals surface area contributed by atoms with E-state index in [1.54, 1.807) is 27.3 Å². The van der Waals surface area contributed by atoms with Gasteiger partial charge < -0.3 is 14.8 Å². The van der Waals surface area contributed by atoms with Crippen molar-refractivity contribution < 1.29 is 14.3 Å². The molecule has 1 heterocycles. The Kier molecular flexibility index (Phi) is 5.91. The van der Waals surface area contributed by atoms with E-state index >= 15 is 0 Å². The van der Waals surface area contributed by atoms with Crippen LogP contribution in [-0.4, -0.2) is 44.7 Å². The molecule has 0 aliphatic carbocycles. The zero-order valence-corrected chi connectivity index (χ0v) is 14.1. The van der Waals surface area contributed by atoms with Gasteiger partial charge in [0.1, 0.15) is 0 Å². The molecule has 2 rings (SSSR count). The van der Waals surface area contributed by atoms with Gasteiger partial charge in [0, 0.05) is 30.2 Å². The highest BCUT2D eigenvalue weighted by Gasteiger charge is 2.29. The molecule has 1 N–H and O–H groups in total. The second-order valence-electron chi connectivity index (χ2n) is 5.40. The number of halogens is 1. The van der Waals surface area contributed by atoms with Gasteiger partial charge in [-0.25, -0.2) is 0 Å². The van der Waals surface area contributed by atoms with Crippen molar-refractivity contribution in [3.05, 3.63) is 22.7 Å². The first-order chi connectivity index (χ1) is 10.6. The Hall–Kier alpha value is -1.46. The number of nitrogens with zero attached hydrogens (tertiary/aromatic N) is 1. The third-order valence-electron chi connectivity index (χ3n) is 4.06. The topological polar surface area (TPSA) is 50.8 Å². The van der Waals surface area contributed by atoms with Crippen LogP contribution in [0, 0.1) is 0 Å². The molecule has 0 saturated carbocycles. The molecule has 6 heteroatoms. The van der Waals surface area contributed by atoms with Crippen LogP contribution in [0.1, 0.15) is 24.8 Å². The molecule has 1 amide bonds. The second-order valence-corrected chi connectivity index (χ2v) is 5.83. The zero-order chi connectivity index (χ0) is 16.1. The van der Waals surface area contributed by atoms with Crippen molar-refractivity contribution in [2.75, 3.05) is 27.8 Å². The summed E-state index contributed by atoms with van der Waals surface area (Å²) >= 11 is 6.17. The van der Waals surface area contributed by atoms with Gasteiger partial charge in [0.25, 0.3) is 0 Å². The van der Waals surface area contributed by atoms with Gasteiger partial charge in [-0.15, -0.1) is 0 Å². The summed E-state index contributed by atoms with van der Waals surface area (Å²) in [5.74, 6) is 1.35. The maximum absolute atomic E-state index is 12.1. The molecule has 22 heavy (non-hydrogen) atoms. The Morgan fingerprint density at radius 3 is 2.77 bits per heavy atom. The lowest BCUT2D eigenvalue weighted by Gasteiger charge is -2.34. The lowest BCUT2D eigenvalue weighted by atomic mass is 10.00. The van der Waals surface area contributed by atoms with Crippen LogP contribution in [0.5, 0.6) is 11.5 Å². The zero-order valence-electron chi connectivity index (χ0n) is 13.3. The fourth-order valence-corrected chi connectivity index (χ4v) is 3.22. The predicted octanol–water partition coefficient (Wildman–Crippen LogP) is 2.46. The number of likely N-dealkylation sites (tertiary alicyclic amines) is 1. The van der Waals surface area contributed by atoms with Crippen LogP contribution in [0.15, 0.2) is 12.1 Å². The van der Waals surface area contributed by atoms with Crippen LogP contribution in [0.25, 0.3) is 0 Å². The quantitative estimate of drug-likeness (QED) is 0.903. The van der Waals surface area contributed by atoms with Crippen LogP contribution in [-0.2, 0) is 11.3 Å². The average Bonchev–Trinajstić information content (AvgIpc) is 2.54. The van der Waals surface area contributed by atoms with Gasteiger partial charge in [0.2, 0.25) is 5.91 Å². The molecule has 0 bridgehead atoms. The minimum Gasteiger partial charge on any atom is -0.493 e. The number of hydrogen-bond donors (Lipinski definition) is 1. The molecule has 1 aromatic rings. The third-order valence-corrected chi connectivity index (χ3v) is 4.27. The van der Waals surface area contributed by atoms with Crippen molar-refractivity contribution in [2.24, 2.45) is 0 Å². The number of carbonyl (C=O) groups excluding carboxylic acids is 1. The molecule has 5 nitrogen and oxygen atoms in total. The summed E-state index contributed by atoms with van der Waals surface area (Å²) < 4.78 is 10.8. The largest absolute Gasteiger partial charge is 0.493 e. The van der Waals surface area contributed by atoms with Gasteiger partial charge in [-0.3, -0.25) is 9.69 Å². The van der Waals surface area contributed by atoms with E-state index < -0.39 is 0 Å². The molecule has 1 unspecified atom stereocenters. The molecule has 1 saturated heterocycles. The lowest BCUT2D eigenvalue weighted by Crippen LogP contribution is -2.48. The van der Waals surface area contributed by atoms with Crippen molar-refractivity contribution in [1.82, 2.24) is 10.2 Å². The van der Waals surface area contributed by atoms with Gasteiger partial charge in [0.15, 0.2) is 11.5 Å². The van der Waals surface area contributed by atoms with Crippen molar-refractivity contribution in [2.45, 2.75) is 31.8 Å². The Labute approximate surface area is 136 Å². The first-order valence-corrected chi connectivity index (χ1v) is 7.84. The Bertz CT molecular complexity index is 536. The molecule has 1 aromatic carbocycles. The van der Waals surface area contributed by atoms with E-state index in [9.17, 15) is 4.79 Å². The number of ether oxygens (including phenoxy) is 2. The van der Waals surface area contributed by atoms with Gasteiger partial charge in [-0.05, 0) is 25.5 Å². The Balaban J connectivity index is 2.28. The maximum atomic E-state index is 12.1. The minimum absolute atomic E-state index is 0.0626. The molecule has 1 aliphatic heterocycles. The van der Waals surface area contributed by atoms with Crippen molar-refractivity contribution in [1.29, 1.82) is 0 Å². The number of hydrogen-bond acceptors (Lipinski definition) is 4. The number of rotatable bonds is 5. The van der Waals surface area contributed by atoms with E-state index in [1.165, 1.54) is 0 Å². The number of carbonyl (C=O) groups is 1. The summed E-state index contributed by atoms with van der Waals surface area (Å²) in [6.45, 7) is 1.49. The molecule has 0 aromatic heterocycles. The van der Waals surface area contributed by atoms with Gasteiger partial charge in [-0.2, -0.15) is 0 Å². The van der Waals surface area contributed by atoms with Crippen molar-refractivity contribution in [3.63, 3.8) is 0 Å². The predicted molar refractivity (Wildman–Crippen MR) is 86.7 cm³/mol. The highest BCUT2D eigenvalue weighted by Crippen LogP contribution is 2.36. The maximum Gasteiger partial charge on any atom is 0.237 e. The van der Waals surface area contributed by atoms with Gasteiger partial charge in [-0.1, -0.05) is 18.0 Å². The lowest BCUT2D eigenvalue weighted by molar-refractivity contribution is -0.127. The van der Waals surface area contributed by atoms with Crippen LogP contribution < -0.4 is 14.8 Å². The molecule has 0 radical (unpaired) electrons. The first-order valence-electron chi connectivity index (χ1n) is 7.46. The molecular formula is C16H23ClN2O3. The molecule has 1 aliphatic rings. The summed E-state index contributed by atoms with van der Waals surface area (Å²) in [6.07, 6.45) is 3.04. The summed E-state index contributed by atoms with van der Waals surface area (Å²) in [5, 5.41) is 3.35. The standard InChI is InChI=1S/C16H23ClN2O3/c1-18-16(20)13-6-4-5-7-19(13)10-11-8-12(17)9-14(21-2)15(11)22-3/h8-9,13H,4-7,10H2,1-3H3,(H,18,20). The van der Waals surface area contributed by atoms with Crippen LogP contribution >= 0.6 is 11.6 Å². The number of benzene rings is 1. The van der Waals surface area contributed by atoms with Crippen LogP contribution in [0.3, 0.4) is 0 Å². The summed E-state index contributed by atoms with van der Waals surface area (Å²) in [4.78, 5) is 14.3. The number of likely N-dealkylation sites (N-methyl/N-ethyl adjacent to an activating group) is 1. The highest BCUT2D eigenvalue weighted by atomic mass is 35.5. The van der Waals surface area contributed by atoms with E-state index in [1.807, 2.05) is 6.07 Å². The molecular weight excluding hydrogens is 304 g/mol. The highest BCUT2D eigenvalue weighted by molar-refractivity contribution is 6.30. The van der Waals surface area contributed by atoms with E-state index in [0.29, 0.717) is 23.1 Å². The summed E-state index contributed by atoms with van der Waals surface area (Å²) in [6, 6.07) is 3.50. The second kappa shape index (κ2) is 7.70. The Morgan fingerprint density at radius 2 is 2.14 bits per heavy atom. The SMILES string of the molecule is CNC(=O)C1CCCCN1Cc1cc(Cl)cc(OC)c1OC. The van der Waals surface area contributed by atoms with Gasteiger partial charge >= 0.3 is 0 Å². The molecule has 1 fully saturated rings. The smallest absolute Gasteiger partial charge is 0.237 e. The van der Waals surface area contributed by atoms with E-state index in [0.717, 1.165) is 31.4 Å². The van der Waals surface area contributed by atoms with E-state index in [2.05, 4.69) is 10.2 Å². The number of nitrogens with one attached hydrogen (secondary N) is 1. The third kappa shape index (κ3) is 3.65. The molecule has 1 atom stereocenters. The molecule has 0 spiro atoms. The fraction of sp³-hybridized carbons (Fsp3) is 0.562. The Morgan fingerprint density at radius 1 is 1.36 bits per heavy atom.